The van der Waals surface area contributed by atoms with E-state index in [4.69, 9.17) is 4.74 Å². The first-order valence-electron chi connectivity index (χ1n) is 7.10. The van der Waals surface area contributed by atoms with Crippen LogP contribution in [0.5, 0.6) is 5.75 Å². The number of ether oxygens (including phenoxy) is 1. The van der Waals surface area contributed by atoms with Gasteiger partial charge in [0.2, 0.25) is 0 Å². The molecule has 0 bridgehead atoms. The first-order chi connectivity index (χ1) is 11.8. The lowest BCUT2D eigenvalue weighted by Gasteiger charge is -2.44. The zero-order valence-electron chi connectivity index (χ0n) is 12.3. The van der Waals surface area contributed by atoms with Crippen molar-refractivity contribution in [3.63, 3.8) is 0 Å². The number of H-pyrrole nitrogens is 1. The third kappa shape index (κ3) is 2.61. The molecule has 10 heteroatoms. The minimum Gasteiger partial charge on any atom is -0.481 e. The molecule has 1 aromatic heterocycles. The molecule has 6 nitrogen and oxygen atoms in total. The van der Waals surface area contributed by atoms with E-state index in [1.165, 1.54) is 11.8 Å². The van der Waals surface area contributed by atoms with Crippen LogP contribution in [-0.2, 0) is 9.59 Å². The number of carbonyl (C=O) groups is 2. The van der Waals surface area contributed by atoms with E-state index in [9.17, 15) is 19.5 Å². The Balaban J connectivity index is 2.04. The van der Waals surface area contributed by atoms with Gasteiger partial charge < -0.3 is 14.8 Å². The molecule has 0 aliphatic carbocycles. The molecule has 4 rings (SSSR count). The summed E-state index contributed by atoms with van der Waals surface area (Å²) in [6.07, 6.45) is -0.362. The van der Waals surface area contributed by atoms with Gasteiger partial charge in [-0.15, -0.1) is 11.8 Å². The van der Waals surface area contributed by atoms with Crippen molar-refractivity contribution in [3.8, 4) is 5.75 Å². The monoisotopic (exact) mass is 505 g/mol. The summed E-state index contributed by atoms with van der Waals surface area (Å²) >= 11 is 9.13. The van der Waals surface area contributed by atoms with Crippen molar-refractivity contribution in [2.75, 3.05) is 5.75 Å². The Morgan fingerprint density at radius 2 is 2.16 bits per heavy atom. The van der Waals surface area contributed by atoms with Crippen LogP contribution in [0.15, 0.2) is 30.9 Å². The number of hydrogen-bond donors (Lipinski definition) is 2. The van der Waals surface area contributed by atoms with Crippen LogP contribution >= 0.6 is 55.0 Å². The number of esters is 1. The molecular formula is C15H9Br2NO5S2. The zero-order chi connectivity index (χ0) is 17.9. The Hall–Kier alpha value is -1.10. The predicted molar refractivity (Wildman–Crippen MR) is 99.7 cm³/mol. The number of benzene rings is 1. The minimum atomic E-state index is -1.25. The Labute approximate surface area is 166 Å². The average Bonchev–Trinajstić information content (AvgIpc) is 2.88. The number of carboxylic acid groups (broad SMARTS) is 1. The van der Waals surface area contributed by atoms with Crippen molar-refractivity contribution < 1.29 is 19.4 Å². The Morgan fingerprint density at radius 1 is 1.40 bits per heavy atom. The van der Waals surface area contributed by atoms with Crippen molar-refractivity contribution in [1.29, 1.82) is 0 Å². The zero-order valence-corrected chi connectivity index (χ0v) is 17.1. The SMILES string of the molecule is O=C(O)C[C@@]12CSc3[nH]c(=O)sc3[C@H]1c1cc(Br)cc(Br)c1OC2=O. The number of carbonyl (C=O) groups excluding carboxylic acids is 1. The van der Waals surface area contributed by atoms with Gasteiger partial charge in [0.05, 0.1) is 15.9 Å². The smallest absolute Gasteiger partial charge is 0.319 e. The number of carboxylic acids is 1. The van der Waals surface area contributed by atoms with Gasteiger partial charge in [-0.2, -0.15) is 0 Å². The molecule has 0 saturated heterocycles. The van der Waals surface area contributed by atoms with Crippen LogP contribution < -0.4 is 9.61 Å². The van der Waals surface area contributed by atoms with E-state index in [0.717, 1.165) is 15.8 Å². The van der Waals surface area contributed by atoms with Crippen LogP contribution in [0.4, 0.5) is 0 Å². The number of thiazole rings is 1. The summed E-state index contributed by atoms with van der Waals surface area (Å²) in [7, 11) is 0. The Morgan fingerprint density at radius 3 is 2.88 bits per heavy atom. The second kappa shape index (κ2) is 5.97. The van der Waals surface area contributed by atoms with Crippen molar-refractivity contribution in [2.24, 2.45) is 5.41 Å². The molecule has 3 heterocycles. The van der Waals surface area contributed by atoms with Crippen molar-refractivity contribution in [1.82, 2.24) is 4.98 Å². The van der Waals surface area contributed by atoms with Gasteiger partial charge >= 0.3 is 16.8 Å². The molecule has 130 valence electrons. The topological polar surface area (TPSA) is 96.5 Å². The maximum absolute atomic E-state index is 12.9. The molecular weight excluding hydrogens is 498 g/mol. The summed E-state index contributed by atoms with van der Waals surface area (Å²) in [5.74, 6) is -1.60. The second-order valence-corrected chi connectivity index (χ2v) is 9.62. The van der Waals surface area contributed by atoms with E-state index in [1.54, 1.807) is 6.07 Å². The molecule has 2 N–H and O–H groups in total. The first-order valence-corrected chi connectivity index (χ1v) is 10.5. The Kier molecular flexibility index (Phi) is 4.13. The summed E-state index contributed by atoms with van der Waals surface area (Å²) in [6, 6.07) is 3.58. The van der Waals surface area contributed by atoms with Crippen LogP contribution in [-0.4, -0.2) is 27.8 Å². The van der Waals surface area contributed by atoms with Crippen LogP contribution in [0.2, 0.25) is 0 Å². The molecule has 2 atom stereocenters. The van der Waals surface area contributed by atoms with Gasteiger partial charge in [0.1, 0.15) is 11.2 Å². The highest BCUT2D eigenvalue weighted by molar-refractivity contribution is 9.11. The lowest BCUT2D eigenvalue weighted by atomic mass is 9.68. The van der Waals surface area contributed by atoms with Gasteiger partial charge in [0.15, 0.2) is 0 Å². The normalized spacial score (nSPS) is 24.1. The quantitative estimate of drug-likeness (QED) is 0.477. The van der Waals surface area contributed by atoms with Crippen molar-refractivity contribution in [3.05, 3.63) is 41.2 Å². The van der Waals surface area contributed by atoms with E-state index >= 15 is 0 Å². The number of hydrogen-bond acceptors (Lipinski definition) is 6. The summed E-state index contributed by atoms with van der Waals surface area (Å²) in [5.41, 5.74) is -0.555. The minimum absolute atomic E-state index is 0.224. The number of aliphatic carboxylic acids is 1. The van der Waals surface area contributed by atoms with Crippen molar-refractivity contribution in [2.45, 2.75) is 17.4 Å². The average molecular weight is 507 g/mol. The third-order valence-electron chi connectivity index (χ3n) is 4.35. The maximum atomic E-state index is 12.9. The second-order valence-electron chi connectivity index (χ2n) is 5.85. The summed E-state index contributed by atoms with van der Waals surface area (Å²) in [6.45, 7) is 0. The van der Waals surface area contributed by atoms with Crippen LogP contribution in [0.1, 0.15) is 22.8 Å². The number of rotatable bonds is 2. The predicted octanol–water partition coefficient (Wildman–Crippen LogP) is 3.58. The van der Waals surface area contributed by atoms with Gasteiger partial charge in [-0.25, -0.2) is 0 Å². The van der Waals surface area contributed by atoms with Gasteiger partial charge in [-0.3, -0.25) is 14.4 Å². The number of aromatic nitrogens is 1. The lowest BCUT2D eigenvalue weighted by molar-refractivity contribution is -0.154. The fourth-order valence-corrected chi connectivity index (χ4v) is 7.25. The third-order valence-corrected chi connectivity index (χ3v) is 7.74. The molecule has 0 amide bonds. The summed E-state index contributed by atoms with van der Waals surface area (Å²) in [4.78, 5) is 39.5. The molecule has 0 saturated carbocycles. The number of aromatic amines is 1. The molecule has 0 unspecified atom stereocenters. The maximum Gasteiger partial charge on any atom is 0.319 e. The first kappa shape index (κ1) is 17.3. The number of nitrogens with one attached hydrogen (secondary N) is 1. The van der Waals surface area contributed by atoms with E-state index in [0.29, 0.717) is 25.7 Å². The molecule has 0 radical (unpaired) electrons. The van der Waals surface area contributed by atoms with E-state index < -0.39 is 23.3 Å². The molecule has 2 aliphatic heterocycles. The van der Waals surface area contributed by atoms with Gasteiger partial charge in [-0.05, 0) is 28.1 Å². The van der Waals surface area contributed by atoms with E-state index in [-0.39, 0.29) is 17.0 Å². The Bertz CT molecular complexity index is 985. The highest BCUT2D eigenvalue weighted by Crippen LogP contribution is 2.59. The van der Waals surface area contributed by atoms with Gasteiger partial charge in [0.25, 0.3) is 0 Å². The van der Waals surface area contributed by atoms with Gasteiger partial charge in [0, 0.05) is 26.6 Å². The van der Waals surface area contributed by atoms with Crippen LogP contribution in [0.3, 0.4) is 0 Å². The largest absolute Gasteiger partial charge is 0.481 e. The molecule has 0 fully saturated rings. The number of thioether (sulfide) groups is 1. The van der Waals surface area contributed by atoms with Gasteiger partial charge in [-0.1, -0.05) is 27.3 Å². The fraction of sp³-hybridized carbons (Fsp3) is 0.267. The number of fused-ring (bicyclic) bond motifs is 5. The van der Waals surface area contributed by atoms with Crippen LogP contribution in [0, 0.1) is 5.41 Å². The molecule has 2 aromatic rings. The van der Waals surface area contributed by atoms with Crippen LogP contribution in [0.25, 0.3) is 0 Å². The number of halogens is 2. The van der Waals surface area contributed by atoms with E-state index in [2.05, 4.69) is 36.8 Å². The highest BCUT2D eigenvalue weighted by Gasteiger charge is 2.57. The summed E-state index contributed by atoms with van der Waals surface area (Å²) in [5, 5.41) is 10.1. The molecule has 25 heavy (non-hydrogen) atoms. The molecule has 1 aromatic carbocycles. The standard InChI is InChI=1S/C15H9Br2NO5S2/c16-5-1-6-9-11-12(18-14(22)25-11)24-4-15(9,3-8(19)20)13(21)23-10(6)7(17)2-5/h1-2,9H,3-4H2,(H,18,22)(H,19,20)/t9-,15-/m1/s1. The fourth-order valence-electron chi connectivity index (χ4n) is 3.37. The molecule has 2 aliphatic rings. The van der Waals surface area contributed by atoms with Crippen molar-refractivity contribution >= 4 is 66.9 Å². The molecule has 0 spiro atoms. The summed E-state index contributed by atoms with van der Waals surface area (Å²) < 4.78 is 6.91. The highest BCUT2D eigenvalue weighted by atomic mass is 79.9. The lowest BCUT2D eigenvalue weighted by Crippen LogP contribution is -2.49. The van der Waals surface area contributed by atoms with E-state index in [1.807, 2.05) is 6.07 Å².